The molecule has 0 bridgehead atoms. The molecular formula is C19H13FN6. The largest absolute Gasteiger partial charge is 0.339 e. The second-order valence-corrected chi connectivity index (χ2v) is 5.69. The highest BCUT2D eigenvalue weighted by Gasteiger charge is 2.17. The van der Waals surface area contributed by atoms with Gasteiger partial charge in [0.25, 0.3) is 0 Å². The summed E-state index contributed by atoms with van der Waals surface area (Å²) in [6, 6.07) is 15.6. The lowest BCUT2D eigenvalue weighted by molar-refractivity contribution is 0.612. The van der Waals surface area contributed by atoms with Crippen molar-refractivity contribution in [3.63, 3.8) is 0 Å². The predicted octanol–water partition coefficient (Wildman–Crippen LogP) is 3.88. The molecule has 2 aromatic carbocycles. The molecule has 26 heavy (non-hydrogen) atoms. The van der Waals surface area contributed by atoms with E-state index in [1.165, 1.54) is 17.1 Å². The zero-order valence-electron chi connectivity index (χ0n) is 13.8. The molecule has 0 saturated heterocycles. The number of hydrogen-bond donors (Lipinski definition) is 1. The van der Waals surface area contributed by atoms with Crippen LogP contribution in [0, 0.1) is 24.1 Å². The number of aryl methyl sites for hydroxylation is 1. The first-order valence-corrected chi connectivity index (χ1v) is 7.90. The number of benzene rings is 2. The van der Waals surface area contributed by atoms with Gasteiger partial charge in [-0.05, 0) is 37.3 Å². The fourth-order valence-electron chi connectivity index (χ4n) is 2.81. The maximum atomic E-state index is 14.2. The number of rotatable bonds is 3. The summed E-state index contributed by atoms with van der Waals surface area (Å²) in [4.78, 5) is 8.58. The molecule has 0 atom stereocenters. The number of nitriles is 1. The molecule has 0 spiro atoms. The Morgan fingerprint density at radius 3 is 2.77 bits per heavy atom. The van der Waals surface area contributed by atoms with Crippen LogP contribution in [-0.2, 0) is 0 Å². The molecule has 4 aromatic rings. The molecule has 6 nitrogen and oxygen atoms in total. The van der Waals surface area contributed by atoms with E-state index in [4.69, 9.17) is 5.26 Å². The number of anilines is 2. The number of fused-ring (bicyclic) bond motifs is 1. The van der Waals surface area contributed by atoms with Gasteiger partial charge in [-0.25, -0.2) is 19.0 Å². The Bertz CT molecular complexity index is 1160. The van der Waals surface area contributed by atoms with E-state index in [9.17, 15) is 4.39 Å². The van der Waals surface area contributed by atoms with E-state index in [1.807, 2.05) is 13.0 Å². The number of halogens is 1. The van der Waals surface area contributed by atoms with Gasteiger partial charge in [0.2, 0.25) is 0 Å². The van der Waals surface area contributed by atoms with E-state index in [2.05, 4.69) is 26.5 Å². The Hall–Kier alpha value is -3.79. The molecule has 0 aliphatic rings. The van der Waals surface area contributed by atoms with Crippen molar-refractivity contribution in [3.05, 3.63) is 71.9 Å². The molecule has 0 radical (unpaired) electrons. The standard InChI is InChI=1S/C19H13FN6/c1-12-17-18(24-14-6-4-5-13(9-14)10-21)22-11-23-19(17)26(25-12)16-8-3-2-7-15(16)20/h2-9,11H,1H3,(H,22,23,24). The summed E-state index contributed by atoms with van der Waals surface area (Å²) >= 11 is 0. The van der Waals surface area contributed by atoms with Crippen LogP contribution in [0.3, 0.4) is 0 Å². The lowest BCUT2D eigenvalue weighted by Gasteiger charge is -2.08. The van der Waals surface area contributed by atoms with Crippen molar-refractivity contribution < 1.29 is 4.39 Å². The van der Waals surface area contributed by atoms with Crippen LogP contribution in [0.5, 0.6) is 0 Å². The van der Waals surface area contributed by atoms with Gasteiger partial charge < -0.3 is 5.32 Å². The van der Waals surface area contributed by atoms with Crippen LogP contribution in [0.4, 0.5) is 15.9 Å². The van der Waals surface area contributed by atoms with Gasteiger partial charge in [0.15, 0.2) is 5.65 Å². The summed E-state index contributed by atoms with van der Waals surface area (Å²) in [7, 11) is 0. The minimum Gasteiger partial charge on any atom is -0.339 e. The van der Waals surface area contributed by atoms with E-state index >= 15 is 0 Å². The van der Waals surface area contributed by atoms with E-state index < -0.39 is 0 Å². The molecule has 0 aliphatic carbocycles. The smallest absolute Gasteiger partial charge is 0.168 e. The highest BCUT2D eigenvalue weighted by molar-refractivity contribution is 5.91. The summed E-state index contributed by atoms with van der Waals surface area (Å²) in [6.45, 7) is 1.82. The van der Waals surface area contributed by atoms with Crippen LogP contribution in [0.25, 0.3) is 16.7 Å². The van der Waals surface area contributed by atoms with Crippen LogP contribution in [0.15, 0.2) is 54.9 Å². The summed E-state index contributed by atoms with van der Waals surface area (Å²) in [5, 5.41) is 17.4. The molecule has 0 aliphatic heterocycles. The van der Waals surface area contributed by atoms with Crippen molar-refractivity contribution in [1.82, 2.24) is 19.7 Å². The summed E-state index contributed by atoms with van der Waals surface area (Å²) < 4.78 is 15.7. The van der Waals surface area contributed by atoms with Gasteiger partial charge >= 0.3 is 0 Å². The molecule has 0 unspecified atom stereocenters. The first kappa shape index (κ1) is 15.7. The predicted molar refractivity (Wildman–Crippen MR) is 95.8 cm³/mol. The van der Waals surface area contributed by atoms with E-state index in [-0.39, 0.29) is 5.82 Å². The summed E-state index contributed by atoms with van der Waals surface area (Å²) in [6.07, 6.45) is 1.40. The Morgan fingerprint density at radius 2 is 1.96 bits per heavy atom. The number of nitrogens with zero attached hydrogens (tertiary/aromatic N) is 5. The van der Waals surface area contributed by atoms with Crippen LogP contribution in [-0.4, -0.2) is 19.7 Å². The third-order valence-corrected chi connectivity index (χ3v) is 3.97. The van der Waals surface area contributed by atoms with Crippen molar-refractivity contribution in [3.8, 4) is 11.8 Å². The molecule has 2 heterocycles. The van der Waals surface area contributed by atoms with E-state index in [0.717, 1.165) is 5.69 Å². The fourth-order valence-corrected chi connectivity index (χ4v) is 2.81. The topological polar surface area (TPSA) is 79.4 Å². The maximum Gasteiger partial charge on any atom is 0.168 e. The zero-order chi connectivity index (χ0) is 18.1. The minimum atomic E-state index is -0.383. The van der Waals surface area contributed by atoms with Crippen LogP contribution in [0.1, 0.15) is 11.3 Å². The normalized spacial score (nSPS) is 10.7. The van der Waals surface area contributed by atoms with Gasteiger partial charge in [-0.2, -0.15) is 10.4 Å². The lowest BCUT2D eigenvalue weighted by Crippen LogP contribution is -2.01. The number of nitrogens with one attached hydrogen (secondary N) is 1. The van der Waals surface area contributed by atoms with Gasteiger partial charge in [0.1, 0.15) is 23.6 Å². The average Bonchev–Trinajstić information content (AvgIpc) is 3.00. The molecule has 2 aromatic heterocycles. The molecule has 4 rings (SSSR count). The highest BCUT2D eigenvalue weighted by atomic mass is 19.1. The molecule has 0 amide bonds. The van der Waals surface area contributed by atoms with E-state index in [1.54, 1.807) is 36.4 Å². The Kier molecular flexibility index (Phi) is 3.78. The number of para-hydroxylation sites is 1. The SMILES string of the molecule is Cc1nn(-c2ccccc2F)c2ncnc(Nc3cccc(C#N)c3)c12. The van der Waals surface area contributed by atoms with Crippen molar-refractivity contribution >= 4 is 22.5 Å². The number of hydrogen-bond acceptors (Lipinski definition) is 5. The van der Waals surface area contributed by atoms with Crippen molar-refractivity contribution in [1.29, 1.82) is 5.26 Å². The number of aromatic nitrogens is 4. The monoisotopic (exact) mass is 344 g/mol. The van der Waals surface area contributed by atoms with Gasteiger partial charge in [0.05, 0.1) is 22.7 Å². The average molecular weight is 344 g/mol. The summed E-state index contributed by atoms with van der Waals surface area (Å²) in [5.74, 6) is 0.164. The van der Waals surface area contributed by atoms with Gasteiger partial charge in [-0.1, -0.05) is 18.2 Å². The molecule has 126 valence electrons. The van der Waals surface area contributed by atoms with Gasteiger partial charge in [-0.3, -0.25) is 0 Å². The van der Waals surface area contributed by atoms with Gasteiger partial charge in [-0.15, -0.1) is 0 Å². The van der Waals surface area contributed by atoms with Gasteiger partial charge in [0, 0.05) is 5.69 Å². The van der Waals surface area contributed by atoms with Crippen LogP contribution in [0.2, 0.25) is 0 Å². The molecule has 7 heteroatoms. The second-order valence-electron chi connectivity index (χ2n) is 5.69. The quantitative estimate of drug-likeness (QED) is 0.610. The van der Waals surface area contributed by atoms with E-state index in [0.29, 0.717) is 33.8 Å². The van der Waals surface area contributed by atoms with Crippen LogP contribution >= 0.6 is 0 Å². The first-order valence-electron chi connectivity index (χ1n) is 7.90. The van der Waals surface area contributed by atoms with Crippen molar-refractivity contribution in [2.24, 2.45) is 0 Å². The third kappa shape index (κ3) is 2.63. The Balaban J connectivity index is 1.85. The Morgan fingerprint density at radius 1 is 1.12 bits per heavy atom. The Labute approximate surface area is 148 Å². The molecule has 1 N–H and O–H groups in total. The summed E-state index contributed by atoms with van der Waals surface area (Å²) in [5.41, 5.74) is 2.76. The second kappa shape index (κ2) is 6.26. The van der Waals surface area contributed by atoms with Crippen molar-refractivity contribution in [2.45, 2.75) is 6.92 Å². The first-order chi connectivity index (χ1) is 12.7. The minimum absolute atomic E-state index is 0.321. The molecule has 0 saturated carbocycles. The van der Waals surface area contributed by atoms with Crippen molar-refractivity contribution in [2.75, 3.05) is 5.32 Å². The van der Waals surface area contributed by atoms with Crippen LogP contribution < -0.4 is 5.32 Å². The molecule has 0 fully saturated rings. The fraction of sp³-hybridized carbons (Fsp3) is 0.0526. The highest BCUT2D eigenvalue weighted by Crippen LogP contribution is 2.28. The molecular weight excluding hydrogens is 331 g/mol. The zero-order valence-corrected chi connectivity index (χ0v) is 13.8. The lowest BCUT2D eigenvalue weighted by atomic mass is 10.2. The maximum absolute atomic E-state index is 14.2. The third-order valence-electron chi connectivity index (χ3n) is 3.97.